The fourth-order valence-electron chi connectivity index (χ4n) is 8.77. The molecule has 2 bridgehead atoms. The van der Waals surface area contributed by atoms with Crippen LogP contribution in [0.15, 0.2) is 63.9 Å². The minimum Gasteiger partial charge on any atom is -0.497 e. The van der Waals surface area contributed by atoms with Crippen molar-refractivity contribution in [1.82, 2.24) is 0 Å². The number of carbonyl (C=O) groups excluding carboxylic acids is 1. The van der Waals surface area contributed by atoms with Crippen molar-refractivity contribution in [3.8, 4) is 5.75 Å². The second-order valence-corrected chi connectivity index (χ2v) is 13.3. The van der Waals surface area contributed by atoms with Crippen LogP contribution in [0.1, 0.15) is 69.9 Å². The van der Waals surface area contributed by atoms with Crippen LogP contribution in [0.3, 0.4) is 0 Å². The van der Waals surface area contributed by atoms with E-state index in [1.54, 1.807) is 37.4 Å². The molecule has 5 nitrogen and oxygen atoms in total. The molecule has 0 saturated heterocycles. The molecule has 0 spiro atoms. The Labute approximate surface area is 213 Å². The van der Waals surface area contributed by atoms with Gasteiger partial charge in [-0.2, -0.15) is 0 Å². The van der Waals surface area contributed by atoms with Gasteiger partial charge in [-0.25, -0.2) is 8.42 Å². The lowest BCUT2D eigenvalue weighted by atomic mass is 9.48. The fraction of sp³-hybridized carbons (Fsp3) is 0.500. The quantitative estimate of drug-likeness (QED) is 0.375. The molecule has 0 amide bonds. The van der Waals surface area contributed by atoms with Gasteiger partial charge in [0.05, 0.1) is 16.9 Å². The molecule has 6 heteroatoms. The SMILES string of the molecule is COc1cc2c(c(S(=O)(=O)c3ccccc3)c1)[C@H]1CC[C@@]3(C)[C@]4(C=C(C)[C@]3(OC(C)=O)CC4)[C@@H]1CC2. The van der Waals surface area contributed by atoms with Gasteiger partial charge in [0.1, 0.15) is 11.4 Å². The summed E-state index contributed by atoms with van der Waals surface area (Å²) < 4.78 is 39.7. The lowest BCUT2D eigenvalue weighted by molar-refractivity contribution is -0.170. The smallest absolute Gasteiger partial charge is 0.303 e. The Morgan fingerprint density at radius 1 is 1.06 bits per heavy atom. The molecule has 2 aromatic rings. The van der Waals surface area contributed by atoms with Crippen molar-refractivity contribution in [2.75, 3.05) is 7.11 Å². The third-order valence-corrected chi connectivity index (χ3v) is 12.0. The summed E-state index contributed by atoms with van der Waals surface area (Å²) in [6.07, 6.45) is 7.81. The number of methoxy groups -OCH3 is 1. The summed E-state index contributed by atoms with van der Waals surface area (Å²) >= 11 is 0. The second kappa shape index (κ2) is 7.70. The Bertz CT molecular complexity index is 1390. The molecule has 4 aliphatic rings. The van der Waals surface area contributed by atoms with Crippen LogP contribution in [0.2, 0.25) is 0 Å². The van der Waals surface area contributed by atoms with Crippen molar-refractivity contribution in [3.63, 3.8) is 0 Å². The molecule has 0 radical (unpaired) electrons. The minimum atomic E-state index is -3.72. The highest BCUT2D eigenvalue weighted by atomic mass is 32.2. The van der Waals surface area contributed by atoms with E-state index < -0.39 is 15.4 Å². The van der Waals surface area contributed by atoms with E-state index >= 15 is 0 Å². The van der Waals surface area contributed by atoms with Gasteiger partial charge in [-0.15, -0.1) is 0 Å². The average molecular weight is 507 g/mol. The number of hydrogen-bond donors (Lipinski definition) is 0. The van der Waals surface area contributed by atoms with Gasteiger partial charge >= 0.3 is 5.97 Å². The molecule has 0 unspecified atom stereocenters. The Balaban J connectivity index is 1.51. The average Bonchev–Trinajstić information content (AvgIpc) is 3.22. The van der Waals surface area contributed by atoms with E-state index in [-0.39, 0.29) is 22.7 Å². The summed E-state index contributed by atoms with van der Waals surface area (Å²) in [7, 11) is -2.13. The van der Waals surface area contributed by atoms with Crippen LogP contribution in [0, 0.1) is 16.7 Å². The van der Waals surface area contributed by atoms with E-state index in [4.69, 9.17) is 9.47 Å². The lowest BCUT2D eigenvalue weighted by Gasteiger charge is -2.57. The molecule has 0 N–H and O–H groups in total. The Kier molecular flexibility index (Phi) is 5.09. The number of allylic oxidation sites excluding steroid dienone is 1. The fourth-order valence-corrected chi connectivity index (χ4v) is 10.4. The molecule has 2 fully saturated rings. The van der Waals surface area contributed by atoms with Gasteiger partial charge in [0.15, 0.2) is 0 Å². The number of fused-ring (bicyclic) bond motifs is 3. The van der Waals surface area contributed by atoms with Crippen molar-refractivity contribution in [1.29, 1.82) is 0 Å². The molecular formula is C30H34O5S. The first-order valence-corrected chi connectivity index (χ1v) is 14.5. The van der Waals surface area contributed by atoms with Gasteiger partial charge < -0.3 is 9.47 Å². The minimum absolute atomic E-state index is 0.0964. The van der Waals surface area contributed by atoms with E-state index in [2.05, 4.69) is 19.9 Å². The van der Waals surface area contributed by atoms with Crippen LogP contribution in [0.25, 0.3) is 0 Å². The number of sulfone groups is 1. The van der Waals surface area contributed by atoms with Gasteiger partial charge in [-0.3, -0.25) is 4.79 Å². The molecule has 5 atom stereocenters. The maximum atomic E-state index is 14.0. The van der Waals surface area contributed by atoms with E-state index in [0.717, 1.165) is 49.7 Å². The second-order valence-electron chi connectivity index (χ2n) is 11.4. The van der Waals surface area contributed by atoms with Crippen LogP contribution in [0.5, 0.6) is 5.75 Å². The number of hydrogen-bond acceptors (Lipinski definition) is 5. The predicted octanol–water partition coefficient (Wildman–Crippen LogP) is 6.02. The molecule has 2 saturated carbocycles. The normalized spacial score (nSPS) is 34.3. The highest BCUT2D eigenvalue weighted by molar-refractivity contribution is 7.91. The van der Waals surface area contributed by atoms with Gasteiger partial charge in [0, 0.05) is 17.8 Å². The molecule has 4 aliphatic carbocycles. The Morgan fingerprint density at radius 3 is 2.47 bits per heavy atom. The zero-order valence-corrected chi connectivity index (χ0v) is 22.3. The third kappa shape index (κ3) is 2.82. The zero-order chi connectivity index (χ0) is 25.5. The number of ether oxygens (including phenoxy) is 2. The molecule has 0 aromatic heterocycles. The maximum Gasteiger partial charge on any atom is 0.303 e. The highest BCUT2D eigenvalue weighted by Gasteiger charge is 2.75. The molecule has 190 valence electrons. The molecule has 2 aromatic carbocycles. The van der Waals surface area contributed by atoms with Gasteiger partial charge in [0.25, 0.3) is 0 Å². The van der Waals surface area contributed by atoms with Gasteiger partial charge in [-0.05, 0) is 98.2 Å². The van der Waals surface area contributed by atoms with E-state index in [1.807, 2.05) is 12.1 Å². The standard InChI is InChI=1S/C30H34O5S/c1-19-18-29-14-15-30(19,35-20(2)31)28(29,3)13-12-24-25(29)11-10-21-16-22(34-4)17-26(27(21)24)36(32,33)23-8-6-5-7-9-23/h5-9,16-18,24-25H,10-15H2,1-4H3/t24-,25+,28-,29+,30+/m0/s1. The summed E-state index contributed by atoms with van der Waals surface area (Å²) in [5, 5.41) is 0. The molecule has 0 heterocycles. The topological polar surface area (TPSA) is 69.7 Å². The summed E-state index contributed by atoms with van der Waals surface area (Å²) in [6, 6.07) is 12.5. The van der Waals surface area contributed by atoms with Crippen molar-refractivity contribution in [2.45, 2.75) is 80.6 Å². The van der Waals surface area contributed by atoms with Gasteiger partial charge in [0.2, 0.25) is 9.84 Å². The number of benzene rings is 2. The summed E-state index contributed by atoms with van der Waals surface area (Å²) in [4.78, 5) is 12.9. The van der Waals surface area contributed by atoms with Crippen molar-refractivity contribution < 1.29 is 22.7 Å². The first-order chi connectivity index (χ1) is 17.1. The van der Waals surface area contributed by atoms with Crippen molar-refractivity contribution in [2.24, 2.45) is 16.7 Å². The van der Waals surface area contributed by atoms with E-state index in [1.165, 1.54) is 12.5 Å². The molecule has 36 heavy (non-hydrogen) atoms. The van der Waals surface area contributed by atoms with Crippen molar-refractivity contribution >= 4 is 15.8 Å². The largest absolute Gasteiger partial charge is 0.497 e. The Hall–Kier alpha value is -2.60. The van der Waals surface area contributed by atoms with Gasteiger partial charge in [-0.1, -0.05) is 31.2 Å². The number of esters is 1. The van der Waals surface area contributed by atoms with Crippen LogP contribution in [0.4, 0.5) is 0 Å². The summed E-state index contributed by atoms with van der Waals surface area (Å²) in [6.45, 7) is 5.95. The first-order valence-electron chi connectivity index (χ1n) is 13.0. The monoisotopic (exact) mass is 506 g/mol. The van der Waals surface area contributed by atoms with Crippen molar-refractivity contribution in [3.05, 3.63) is 65.2 Å². The molecular weight excluding hydrogens is 472 g/mol. The predicted molar refractivity (Wildman–Crippen MR) is 137 cm³/mol. The maximum absolute atomic E-state index is 14.0. The molecule has 0 aliphatic heterocycles. The van der Waals surface area contributed by atoms with Crippen LogP contribution >= 0.6 is 0 Å². The number of aryl methyl sites for hydroxylation is 1. The van der Waals surface area contributed by atoms with Crippen LogP contribution in [-0.4, -0.2) is 27.1 Å². The van der Waals surface area contributed by atoms with Crippen LogP contribution in [-0.2, 0) is 25.8 Å². The first kappa shape index (κ1) is 23.8. The molecule has 6 rings (SSSR count). The van der Waals surface area contributed by atoms with E-state index in [9.17, 15) is 13.2 Å². The third-order valence-electron chi connectivity index (χ3n) is 10.2. The van der Waals surface area contributed by atoms with E-state index in [0.29, 0.717) is 21.5 Å². The zero-order valence-electron chi connectivity index (χ0n) is 21.5. The number of rotatable bonds is 4. The van der Waals surface area contributed by atoms with Crippen LogP contribution < -0.4 is 4.74 Å². The lowest BCUT2D eigenvalue weighted by Crippen LogP contribution is -2.54. The summed E-state index contributed by atoms with van der Waals surface area (Å²) in [5.41, 5.74) is 2.44. The highest BCUT2D eigenvalue weighted by Crippen LogP contribution is 2.77. The Morgan fingerprint density at radius 2 is 1.81 bits per heavy atom. The number of carbonyl (C=O) groups is 1. The summed E-state index contributed by atoms with van der Waals surface area (Å²) in [5.74, 6) is 0.807.